The summed E-state index contributed by atoms with van der Waals surface area (Å²) >= 11 is 0. The lowest BCUT2D eigenvalue weighted by molar-refractivity contribution is -0.123. The third-order valence-electron chi connectivity index (χ3n) is 9.29. The number of aromatic nitrogens is 1. The lowest BCUT2D eigenvalue weighted by Crippen LogP contribution is -2.34. The SMILES string of the molecule is CN1C(=O)C2=C(c3ccc(N(c4ccccc4)c4ccccc4)cn3)N(C)C(=O)C2=C1C1=CCC(N(c2ccccc2)c2ccccc2)C=N1. The molecule has 0 saturated carbocycles. The minimum Gasteiger partial charge on any atom is -0.333 e. The van der Waals surface area contributed by atoms with Crippen LogP contribution in [-0.2, 0) is 9.59 Å². The van der Waals surface area contributed by atoms with Crippen LogP contribution in [0.3, 0.4) is 0 Å². The lowest BCUT2D eigenvalue weighted by atomic mass is 10.0. The predicted octanol–water partition coefficient (Wildman–Crippen LogP) is 8.03. The third kappa shape index (κ3) is 5.27. The number of likely N-dealkylation sites (N-methyl/N-ethyl adjacent to an activating group) is 2. The van der Waals surface area contributed by atoms with E-state index in [1.165, 1.54) is 4.90 Å². The number of hydrogen-bond donors (Lipinski definition) is 0. The van der Waals surface area contributed by atoms with Gasteiger partial charge >= 0.3 is 0 Å². The predicted molar refractivity (Wildman–Crippen MR) is 198 cm³/mol. The van der Waals surface area contributed by atoms with Crippen LogP contribution in [0.4, 0.5) is 28.4 Å². The Bertz CT molecular complexity index is 2120. The standard InChI is InChI=1S/C42H34N6O2/c1-45-39(35-25-23-33(27-43-35)47(29-15-7-3-8-16-29)30-17-9-4-10-18-30)37-38(41(45)49)40(46(2)42(37)50)36-26-24-34(28-44-36)48(31-19-11-5-12-20-31)32-21-13-6-14-22-32/h3-23,25-28,34H,24H2,1-2H3. The van der Waals surface area contributed by atoms with Crippen molar-refractivity contribution in [2.24, 2.45) is 4.99 Å². The maximum absolute atomic E-state index is 13.9. The molecule has 3 aliphatic heterocycles. The highest BCUT2D eigenvalue weighted by Crippen LogP contribution is 2.45. The normalized spacial score (nSPS) is 17.0. The van der Waals surface area contributed by atoms with Crippen LogP contribution in [0.5, 0.6) is 0 Å². The number of rotatable bonds is 8. The highest BCUT2D eigenvalue weighted by Gasteiger charge is 2.47. The van der Waals surface area contributed by atoms with E-state index in [9.17, 15) is 9.59 Å². The number of nitrogens with zero attached hydrogens (tertiary/aromatic N) is 6. The molecule has 8 rings (SSSR count). The molecule has 1 unspecified atom stereocenters. The van der Waals surface area contributed by atoms with Crippen molar-refractivity contribution in [1.29, 1.82) is 0 Å². The molecule has 8 heteroatoms. The summed E-state index contributed by atoms with van der Waals surface area (Å²) in [4.78, 5) is 45.0. The molecular formula is C42H34N6O2. The van der Waals surface area contributed by atoms with Crippen LogP contribution in [0.25, 0.3) is 5.70 Å². The summed E-state index contributed by atoms with van der Waals surface area (Å²) in [5.41, 5.74) is 7.82. The number of pyridine rings is 1. The summed E-state index contributed by atoms with van der Waals surface area (Å²) < 4.78 is 0. The summed E-state index contributed by atoms with van der Waals surface area (Å²) in [6.45, 7) is 0. The first kappa shape index (κ1) is 30.8. The molecular weight excluding hydrogens is 621 g/mol. The number of aliphatic imine (C=N–C) groups is 1. The maximum atomic E-state index is 13.9. The Morgan fingerprint density at radius 3 is 1.52 bits per heavy atom. The van der Waals surface area contributed by atoms with Crippen molar-refractivity contribution in [2.75, 3.05) is 23.9 Å². The first-order chi connectivity index (χ1) is 24.5. The average Bonchev–Trinajstić information content (AvgIpc) is 3.58. The van der Waals surface area contributed by atoms with Gasteiger partial charge in [0.25, 0.3) is 11.8 Å². The first-order valence-corrected chi connectivity index (χ1v) is 16.6. The van der Waals surface area contributed by atoms with Crippen molar-refractivity contribution in [2.45, 2.75) is 12.5 Å². The van der Waals surface area contributed by atoms with E-state index < -0.39 is 0 Å². The van der Waals surface area contributed by atoms with Gasteiger partial charge in [-0.2, -0.15) is 0 Å². The Kier molecular flexibility index (Phi) is 7.89. The van der Waals surface area contributed by atoms with Gasteiger partial charge in [-0.1, -0.05) is 78.9 Å². The highest BCUT2D eigenvalue weighted by atomic mass is 16.2. The molecule has 1 atom stereocenters. The van der Waals surface area contributed by atoms with Crippen molar-refractivity contribution >= 4 is 52.2 Å². The van der Waals surface area contributed by atoms with Gasteiger partial charge in [0.1, 0.15) is 0 Å². The molecule has 0 radical (unpaired) electrons. The molecule has 4 heterocycles. The van der Waals surface area contributed by atoms with E-state index in [1.807, 2.05) is 121 Å². The highest BCUT2D eigenvalue weighted by molar-refractivity contribution is 6.25. The Morgan fingerprint density at radius 1 is 0.580 bits per heavy atom. The monoisotopic (exact) mass is 654 g/mol. The number of anilines is 5. The average molecular weight is 655 g/mol. The fourth-order valence-electron chi connectivity index (χ4n) is 6.94. The molecule has 8 nitrogen and oxygen atoms in total. The Labute approximate surface area is 291 Å². The topological polar surface area (TPSA) is 72.4 Å². The number of amides is 2. The summed E-state index contributed by atoms with van der Waals surface area (Å²) in [6, 6.07) is 44.4. The second-order valence-electron chi connectivity index (χ2n) is 12.3. The van der Waals surface area contributed by atoms with Gasteiger partial charge in [0.15, 0.2) is 0 Å². The van der Waals surface area contributed by atoms with Gasteiger partial charge < -0.3 is 19.6 Å². The minimum atomic E-state index is -0.253. The number of para-hydroxylation sites is 4. The quantitative estimate of drug-likeness (QED) is 0.170. The van der Waals surface area contributed by atoms with Crippen LogP contribution in [0.15, 0.2) is 173 Å². The van der Waals surface area contributed by atoms with E-state index in [1.54, 1.807) is 25.2 Å². The molecule has 0 spiro atoms. The van der Waals surface area contributed by atoms with Gasteiger partial charge in [0, 0.05) is 43.1 Å². The number of hydrogen-bond acceptors (Lipinski definition) is 6. The Hall–Kier alpha value is -6.54. The molecule has 0 N–H and O–H groups in total. The zero-order valence-electron chi connectivity index (χ0n) is 27.7. The lowest BCUT2D eigenvalue weighted by Gasteiger charge is -2.33. The molecule has 1 aromatic heterocycles. The number of carbonyl (C=O) groups excluding carboxylic acids is 2. The molecule has 4 aromatic carbocycles. The molecule has 0 saturated heterocycles. The van der Waals surface area contributed by atoms with Crippen LogP contribution in [-0.4, -0.2) is 52.9 Å². The molecule has 0 bridgehead atoms. The second-order valence-corrected chi connectivity index (χ2v) is 12.3. The van der Waals surface area contributed by atoms with E-state index >= 15 is 0 Å². The van der Waals surface area contributed by atoms with Crippen LogP contribution in [0.2, 0.25) is 0 Å². The molecule has 0 fully saturated rings. The van der Waals surface area contributed by atoms with Crippen molar-refractivity contribution in [3.63, 3.8) is 0 Å². The van der Waals surface area contributed by atoms with E-state index in [0.717, 1.165) is 28.4 Å². The van der Waals surface area contributed by atoms with Crippen LogP contribution in [0, 0.1) is 0 Å². The van der Waals surface area contributed by atoms with Crippen molar-refractivity contribution in [3.8, 4) is 0 Å². The summed E-state index contributed by atoms with van der Waals surface area (Å²) in [5, 5.41) is 0. The molecule has 3 aliphatic rings. The van der Waals surface area contributed by atoms with Crippen LogP contribution < -0.4 is 9.80 Å². The third-order valence-corrected chi connectivity index (χ3v) is 9.29. The van der Waals surface area contributed by atoms with E-state index in [0.29, 0.717) is 40.4 Å². The number of benzene rings is 4. The molecule has 50 heavy (non-hydrogen) atoms. The second kappa shape index (κ2) is 12.8. The Morgan fingerprint density at radius 2 is 1.06 bits per heavy atom. The molecule has 2 amide bonds. The van der Waals surface area contributed by atoms with Crippen molar-refractivity contribution in [1.82, 2.24) is 14.8 Å². The zero-order valence-corrected chi connectivity index (χ0v) is 27.7. The largest absolute Gasteiger partial charge is 0.333 e. The summed E-state index contributed by atoms with van der Waals surface area (Å²) in [5.74, 6) is -0.505. The maximum Gasteiger partial charge on any atom is 0.261 e. The van der Waals surface area contributed by atoms with E-state index in [4.69, 9.17) is 9.98 Å². The van der Waals surface area contributed by atoms with Gasteiger partial charge in [0.05, 0.1) is 51.9 Å². The van der Waals surface area contributed by atoms with Crippen LogP contribution >= 0.6 is 0 Å². The van der Waals surface area contributed by atoms with Gasteiger partial charge in [0.2, 0.25) is 0 Å². The molecule has 5 aromatic rings. The minimum absolute atomic E-state index is 0.0573. The molecule has 244 valence electrons. The fourth-order valence-corrected chi connectivity index (χ4v) is 6.94. The smallest absolute Gasteiger partial charge is 0.261 e. The number of fused-ring (bicyclic) bond motifs is 1. The fraction of sp³-hybridized carbons (Fsp3) is 0.0952. The van der Waals surface area contributed by atoms with Gasteiger partial charge in [-0.3, -0.25) is 19.6 Å². The summed E-state index contributed by atoms with van der Waals surface area (Å²) in [6.07, 6.45) is 6.36. The zero-order chi connectivity index (χ0) is 34.2. The van der Waals surface area contributed by atoms with Gasteiger partial charge in [-0.05, 0) is 67.1 Å². The van der Waals surface area contributed by atoms with E-state index in [-0.39, 0.29) is 17.9 Å². The Balaban J connectivity index is 1.14. The van der Waals surface area contributed by atoms with Gasteiger partial charge in [-0.15, -0.1) is 0 Å². The van der Waals surface area contributed by atoms with Crippen molar-refractivity contribution < 1.29 is 9.59 Å². The summed E-state index contributed by atoms with van der Waals surface area (Å²) in [7, 11) is 3.40. The van der Waals surface area contributed by atoms with Crippen molar-refractivity contribution in [3.05, 3.63) is 174 Å². The van der Waals surface area contributed by atoms with E-state index in [2.05, 4.69) is 34.1 Å². The number of carbonyl (C=O) groups is 2. The molecule has 0 aliphatic carbocycles. The van der Waals surface area contributed by atoms with Gasteiger partial charge in [-0.25, -0.2) is 0 Å². The van der Waals surface area contributed by atoms with Crippen LogP contribution in [0.1, 0.15) is 12.1 Å². The first-order valence-electron chi connectivity index (χ1n) is 16.6.